The van der Waals surface area contributed by atoms with Gasteiger partial charge < -0.3 is 9.88 Å². The van der Waals surface area contributed by atoms with E-state index in [1.165, 1.54) is 18.5 Å². The van der Waals surface area contributed by atoms with Gasteiger partial charge in [0.05, 0.1) is 0 Å². The highest BCUT2D eigenvalue weighted by molar-refractivity contribution is 5.06. The van der Waals surface area contributed by atoms with E-state index in [-0.39, 0.29) is 0 Å². The van der Waals surface area contributed by atoms with Gasteiger partial charge in [-0.1, -0.05) is 6.92 Å². The van der Waals surface area contributed by atoms with Crippen molar-refractivity contribution < 1.29 is 0 Å². The van der Waals surface area contributed by atoms with Crippen LogP contribution >= 0.6 is 0 Å². The zero-order valence-electron chi connectivity index (χ0n) is 8.46. The Balaban J connectivity index is 1.77. The van der Waals surface area contributed by atoms with Crippen molar-refractivity contribution in [2.45, 2.75) is 32.4 Å². The third kappa shape index (κ3) is 1.94. The number of hydrogen-bond donors (Lipinski definition) is 1. The van der Waals surface area contributed by atoms with Gasteiger partial charge in [-0.15, -0.1) is 0 Å². The summed E-state index contributed by atoms with van der Waals surface area (Å²) in [4.78, 5) is 0. The Kier molecular flexibility index (Phi) is 2.40. The zero-order valence-corrected chi connectivity index (χ0v) is 8.46. The highest BCUT2D eigenvalue weighted by Crippen LogP contribution is 2.26. The molecule has 72 valence electrons. The average molecular weight is 178 g/mol. The molecule has 1 aliphatic rings. The van der Waals surface area contributed by atoms with Crippen molar-refractivity contribution in [1.82, 2.24) is 9.88 Å². The third-order valence-electron chi connectivity index (χ3n) is 3.00. The maximum absolute atomic E-state index is 3.57. The molecule has 1 aliphatic carbocycles. The van der Waals surface area contributed by atoms with E-state index in [0.29, 0.717) is 0 Å². The molecular weight excluding hydrogens is 160 g/mol. The molecule has 0 spiro atoms. The molecule has 1 saturated carbocycles. The molecule has 0 saturated heterocycles. The quantitative estimate of drug-likeness (QED) is 0.748. The van der Waals surface area contributed by atoms with Crippen molar-refractivity contribution in [3.05, 3.63) is 24.0 Å². The summed E-state index contributed by atoms with van der Waals surface area (Å²) < 4.78 is 2.18. The molecule has 2 heteroatoms. The molecule has 1 heterocycles. The fourth-order valence-electron chi connectivity index (χ4n) is 2.00. The molecule has 2 nitrogen and oxygen atoms in total. The second kappa shape index (κ2) is 3.54. The van der Waals surface area contributed by atoms with Gasteiger partial charge in [0.1, 0.15) is 0 Å². The lowest BCUT2D eigenvalue weighted by Gasteiger charge is -2.33. The van der Waals surface area contributed by atoms with E-state index in [1.807, 2.05) is 0 Å². The number of rotatable bonds is 3. The minimum atomic E-state index is 0.768. The fourth-order valence-corrected chi connectivity index (χ4v) is 2.00. The molecule has 2 rings (SSSR count). The summed E-state index contributed by atoms with van der Waals surface area (Å²) in [7, 11) is 2.10. The number of nitrogens with one attached hydrogen (secondary N) is 1. The van der Waals surface area contributed by atoms with Gasteiger partial charge in [0.25, 0.3) is 0 Å². The molecule has 1 fully saturated rings. The number of nitrogens with zero attached hydrogens (tertiary/aromatic N) is 1. The largest absolute Gasteiger partial charge is 0.353 e. The number of hydrogen-bond acceptors (Lipinski definition) is 1. The fraction of sp³-hybridized carbons (Fsp3) is 0.636. The Labute approximate surface area is 79.9 Å². The Morgan fingerprint density at radius 2 is 2.31 bits per heavy atom. The third-order valence-corrected chi connectivity index (χ3v) is 3.00. The van der Waals surface area contributed by atoms with Crippen LogP contribution in [-0.4, -0.2) is 10.6 Å². The smallest absolute Gasteiger partial charge is 0.0361 e. The van der Waals surface area contributed by atoms with E-state index < -0.39 is 0 Å². The molecule has 0 aliphatic heterocycles. The first-order valence-electron chi connectivity index (χ1n) is 5.09. The standard InChI is InChI=1S/C11H18N2/c1-9-6-10(7-9)12-8-11-4-3-5-13(11)2/h3-5,9-10,12H,6-8H2,1-2H3. The monoisotopic (exact) mass is 178 g/mol. The summed E-state index contributed by atoms with van der Waals surface area (Å²) in [6.45, 7) is 3.33. The van der Waals surface area contributed by atoms with E-state index in [1.54, 1.807) is 0 Å². The summed E-state index contributed by atoms with van der Waals surface area (Å²) in [5, 5.41) is 3.57. The molecule has 0 amide bonds. The van der Waals surface area contributed by atoms with Crippen molar-refractivity contribution in [3.63, 3.8) is 0 Å². The summed E-state index contributed by atoms with van der Waals surface area (Å²) in [5.74, 6) is 0.936. The van der Waals surface area contributed by atoms with Crippen LogP contribution in [0.2, 0.25) is 0 Å². The molecule has 13 heavy (non-hydrogen) atoms. The van der Waals surface area contributed by atoms with Crippen molar-refractivity contribution in [2.75, 3.05) is 0 Å². The normalized spacial score (nSPS) is 27.2. The zero-order chi connectivity index (χ0) is 9.26. The van der Waals surface area contributed by atoms with Gasteiger partial charge in [-0.3, -0.25) is 0 Å². The number of aryl methyl sites for hydroxylation is 1. The average Bonchev–Trinajstić information content (AvgIpc) is 2.43. The highest BCUT2D eigenvalue weighted by atomic mass is 15.0. The molecule has 1 aromatic heterocycles. The van der Waals surface area contributed by atoms with Crippen LogP contribution in [0.1, 0.15) is 25.5 Å². The van der Waals surface area contributed by atoms with Crippen molar-refractivity contribution in [1.29, 1.82) is 0 Å². The number of aromatic nitrogens is 1. The van der Waals surface area contributed by atoms with E-state index in [9.17, 15) is 0 Å². The van der Waals surface area contributed by atoms with E-state index >= 15 is 0 Å². The summed E-state index contributed by atoms with van der Waals surface area (Å²) in [6.07, 6.45) is 4.80. The van der Waals surface area contributed by atoms with Crippen molar-refractivity contribution in [3.8, 4) is 0 Å². The van der Waals surface area contributed by atoms with Crippen LogP contribution in [0.4, 0.5) is 0 Å². The molecule has 0 aromatic carbocycles. The summed E-state index contributed by atoms with van der Waals surface area (Å²) >= 11 is 0. The van der Waals surface area contributed by atoms with Gasteiger partial charge >= 0.3 is 0 Å². The van der Waals surface area contributed by atoms with Crippen LogP contribution in [0, 0.1) is 5.92 Å². The van der Waals surface area contributed by atoms with Crippen LogP contribution in [0.15, 0.2) is 18.3 Å². The van der Waals surface area contributed by atoms with Crippen molar-refractivity contribution in [2.24, 2.45) is 13.0 Å². The lowest BCUT2D eigenvalue weighted by Crippen LogP contribution is -2.39. The Hall–Kier alpha value is -0.760. The van der Waals surface area contributed by atoms with Crippen molar-refractivity contribution >= 4 is 0 Å². The van der Waals surface area contributed by atoms with E-state index in [4.69, 9.17) is 0 Å². The topological polar surface area (TPSA) is 17.0 Å². The molecule has 0 atom stereocenters. The minimum Gasteiger partial charge on any atom is -0.353 e. The van der Waals surface area contributed by atoms with Crippen LogP contribution in [0.3, 0.4) is 0 Å². The maximum atomic E-state index is 3.57. The minimum absolute atomic E-state index is 0.768. The lowest BCUT2D eigenvalue weighted by atomic mass is 9.82. The first-order valence-corrected chi connectivity index (χ1v) is 5.09. The van der Waals surface area contributed by atoms with Gasteiger partial charge in [0, 0.05) is 31.5 Å². The second-order valence-corrected chi connectivity index (χ2v) is 4.26. The van der Waals surface area contributed by atoms with Crippen LogP contribution in [-0.2, 0) is 13.6 Å². The Bertz CT molecular complexity index is 271. The Morgan fingerprint density at radius 3 is 2.85 bits per heavy atom. The summed E-state index contributed by atoms with van der Waals surface area (Å²) in [5.41, 5.74) is 1.37. The Morgan fingerprint density at radius 1 is 1.54 bits per heavy atom. The van der Waals surface area contributed by atoms with Gasteiger partial charge in [-0.2, -0.15) is 0 Å². The maximum Gasteiger partial charge on any atom is 0.0361 e. The highest BCUT2D eigenvalue weighted by Gasteiger charge is 2.24. The predicted octanol–water partition coefficient (Wildman–Crippen LogP) is 1.91. The lowest BCUT2D eigenvalue weighted by molar-refractivity contribution is 0.239. The molecule has 0 radical (unpaired) electrons. The van der Waals surface area contributed by atoms with Crippen LogP contribution < -0.4 is 5.32 Å². The van der Waals surface area contributed by atoms with Gasteiger partial charge in [0.15, 0.2) is 0 Å². The van der Waals surface area contributed by atoms with Gasteiger partial charge in [-0.25, -0.2) is 0 Å². The van der Waals surface area contributed by atoms with E-state index in [0.717, 1.165) is 18.5 Å². The van der Waals surface area contributed by atoms with Crippen LogP contribution in [0.25, 0.3) is 0 Å². The van der Waals surface area contributed by atoms with E-state index in [2.05, 4.69) is 42.2 Å². The van der Waals surface area contributed by atoms with Gasteiger partial charge in [-0.05, 0) is 30.9 Å². The second-order valence-electron chi connectivity index (χ2n) is 4.26. The molecule has 1 N–H and O–H groups in total. The summed E-state index contributed by atoms with van der Waals surface area (Å²) in [6, 6.07) is 5.04. The van der Waals surface area contributed by atoms with Crippen LogP contribution in [0.5, 0.6) is 0 Å². The molecular formula is C11H18N2. The molecule has 0 bridgehead atoms. The molecule has 1 aromatic rings. The SMILES string of the molecule is CC1CC(NCc2cccn2C)C1. The first kappa shape index (κ1) is 8.82. The van der Waals surface area contributed by atoms with Gasteiger partial charge in [0.2, 0.25) is 0 Å². The predicted molar refractivity (Wildman–Crippen MR) is 54.4 cm³/mol. The molecule has 0 unspecified atom stereocenters. The first-order chi connectivity index (χ1) is 6.25.